The molecule has 0 aliphatic carbocycles. The van der Waals surface area contributed by atoms with Crippen LogP contribution in [0.15, 0.2) is 58.4 Å². The van der Waals surface area contributed by atoms with Crippen molar-refractivity contribution in [1.29, 1.82) is 5.26 Å². The van der Waals surface area contributed by atoms with Crippen LogP contribution in [-0.4, -0.2) is 35.5 Å². The number of carbonyl (C=O) groups is 1. The molecule has 4 rings (SSSR count). The van der Waals surface area contributed by atoms with Gasteiger partial charge in [0, 0.05) is 25.9 Å². The van der Waals surface area contributed by atoms with Gasteiger partial charge in [-0.1, -0.05) is 23.4 Å². The zero-order valence-electron chi connectivity index (χ0n) is 18.3. The molecule has 1 atom stereocenters. The van der Waals surface area contributed by atoms with E-state index in [9.17, 15) is 20.0 Å². The molecule has 0 saturated heterocycles. The van der Waals surface area contributed by atoms with Gasteiger partial charge in [-0.25, -0.2) is 4.98 Å². The van der Waals surface area contributed by atoms with Gasteiger partial charge in [-0.05, 0) is 11.6 Å². The van der Waals surface area contributed by atoms with E-state index in [0.29, 0.717) is 4.57 Å². The number of alkyl halides is 2. The molecule has 2 N–H and O–H groups in total. The number of amides is 1. The Balaban J connectivity index is 1.92. The van der Waals surface area contributed by atoms with E-state index in [1.807, 2.05) is 6.07 Å². The number of aromatic hydroxyl groups is 1. The Bertz CT molecular complexity index is 1500. The molecule has 0 fully saturated rings. The molecule has 0 radical (unpaired) electrons. The highest BCUT2D eigenvalue weighted by Crippen LogP contribution is 2.46. The first kappa shape index (κ1) is 23.3. The number of aromatic nitrogens is 5. The van der Waals surface area contributed by atoms with E-state index in [4.69, 9.17) is 0 Å². The molecule has 11 nitrogen and oxygen atoms in total. The van der Waals surface area contributed by atoms with Crippen LogP contribution in [0.25, 0.3) is 0 Å². The minimum atomic E-state index is -3.94. The molecule has 178 valence electrons. The third-order valence-electron chi connectivity index (χ3n) is 5.28. The normalized spacial score (nSPS) is 12.2. The average molecular weight is 481 g/mol. The highest BCUT2D eigenvalue weighted by atomic mass is 19.3. The van der Waals surface area contributed by atoms with E-state index in [-0.39, 0.29) is 22.4 Å². The van der Waals surface area contributed by atoms with Gasteiger partial charge in [-0.3, -0.25) is 18.8 Å². The van der Waals surface area contributed by atoms with Crippen molar-refractivity contribution < 1.29 is 23.2 Å². The first-order valence-corrected chi connectivity index (χ1v) is 10.0. The Kier molecular flexibility index (Phi) is 5.87. The summed E-state index contributed by atoms with van der Waals surface area (Å²) in [4.78, 5) is 29.0. The molecule has 1 amide bonds. The molecule has 0 saturated carbocycles. The maximum absolute atomic E-state index is 16.3. The van der Waals surface area contributed by atoms with Crippen molar-refractivity contribution in [1.82, 2.24) is 24.5 Å². The molecule has 1 aromatic carbocycles. The van der Waals surface area contributed by atoms with Crippen molar-refractivity contribution in [2.24, 2.45) is 14.1 Å². The molecule has 4 aromatic rings. The van der Waals surface area contributed by atoms with Crippen LogP contribution in [0.3, 0.4) is 0 Å². The molecular formula is C22H17F2N7O4. The Morgan fingerprint density at radius 2 is 2.03 bits per heavy atom. The van der Waals surface area contributed by atoms with Gasteiger partial charge in [0.2, 0.25) is 5.75 Å². The molecule has 35 heavy (non-hydrogen) atoms. The van der Waals surface area contributed by atoms with E-state index in [1.54, 1.807) is 0 Å². The van der Waals surface area contributed by atoms with Gasteiger partial charge in [-0.2, -0.15) is 19.1 Å². The fourth-order valence-corrected chi connectivity index (χ4v) is 3.66. The number of rotatable bonds is 6. The zero-order valence-corrected chi connectivity index (χ0v) is 18.3. The number of aryl methyl sites for hydroxylation is 1. The third kappa shape index (κ3) is 4.12. The number of benzene rings is 1. The maximum Gasteiger partial charge on any atom is 0.315 e. The standard InChI is InChI=1S/C22H17F2N7O4/c1-30-10-13(8-26-30)16(15-6-4-3-5-12(15)7-25)22(23,24)21-29-17(18(32)20(34)31(21)2)19(33)28-14-9-27-35-11-14/h3-6,8-11,16,32H,1-2H3,(H,28,33)/t16-/m0/s1. The van der Waals surface area contributed by atoms with Gasteiger partial charge in [0.1, 0.15) is 12.0 Å². The van der Waals surface area contributed by atoms with E-state index in [2.05, 4.69) is 25.1 Å². The molecule has 3 heterocycles. The molecule has 0 aliphatic heterocycles. The number of halogens is 2. The van der Waals surface area contributed by atoms with Gasteiger partial charge >= 0.3 is 5.92 Å². The maximum atomic E-state index is 16.3. The van der Waals surface area contributed by atoms with Gasteiger partial charge < -0.3 is 14.9 Å². The van der Waals surface area contributed by atoms with Crippen LogP contribution in [-0.2, 0) is 20.0 Å². The highest BCUT2D eigenvalue weighted by Gasteiger charge is 2.49. The summed E-state index contributed by atoms with van der Waals surface area (Å²) in [6, 6.07) is 7.67. The molecular weight excluding hydrogens is 464 g/mol. The van der Waals surface area contributed by atoms with Crippen molar-refractivity contribution in [3.63, 3.8) is 0 Å². The second-order valence-electron chi connectivity index (χ2n) is 7.57. The number of hydrogen-bond acceptors (Lipinski definition) is 8. The summed E-state index contributed by atoms with van der Waals surface area (Å²) < 4.78 is 39.0. The van der Waals surface area contributed by atoms with Crippen LogP contribution < -0.4 is 10.9 Å². The summed E-state index contributed by atoms with van der Waals surface area (Å²) in [7, 11) is 2.53. The summed E-state index contributed by atoms with van der Waals surface area (Å²) in [5.74, 6) is -9.09. The fraction of sp³-hybridized carbons (Fsp3) is 0.182. The molecule has 13 heteroatoms. The van der Waals surface area contributed by atoms with Gasteiger partial charge in [0.15, 0.2) is 11.5 Å². The van der Waals surface area contributed by atoms with Crippen LogP contribution in [0.4, 0.5) is 14.5 Å². The van der Waals surface area contributed by atoms with Crippen LogP contribution in [0.1, 0.15) is 38.9 Å². The minimum absolute atomic E-state index is 0.0183. The number of anilines is 1. The van der Waals surface area contributed by atoms with E-state index < -0.39 is 40.6 Å². The average Bonchev–Trinajstić information content (AvgIpc) is 3.49. The Labute approximate surface area is 195 Å². The first-order valence-electron chi connectivity index (χ1n) is 10.0. The molecule has 0 aliphatic rings. The zero-order chi connectivity index (χ0) is 25.3. The summed E-state index contributed by atoms with van der Waals surface area (Å²) in [5.41, 5.74) is -2.13. The SMILES string of the molecule is Cn1cc([C@@H](c2ccccc2C#N)C(F)(F)c2nc(C(=O)Nc3cnoc3)c(O)c(=O)n2C)cn1. The van der Waals surface area contributed by atoms with Crippen molar-refractivity contribution in [2.45, 2.75) is 11.8 Å². The fourth-order valence-electron chi connectivity index (χ4n) is 3.66. The third-order valence-corrected chi connectivity index (χ3v) is 5.28. The lowest BCUT2D eigenvalue weighted by atomic mass is 9.84. The number of nitrogens with one attached hydrogen (secondary N) is 1. The van der Waals surface area contributed by atoms with E-state index in [0.717, 1.165) is 19.5 Å². The molecule has 3 aromatic heterocycles. The monoisotopic (exact) mass is 481 g/mol. The predicted octanol–water partition coefficient (Wildman–Crippen LogP) is 2.26. The lowest BCUT2D eigenvalue weighted by Crippen LogP contribution is -2.36. The van der Waals surface area contributed by atoms with Crippen LogP contribution >= 0.6 is 0 Å². The molecule has 0 spiro atoms. The van der Waals surface area contributed by atoms with Crippen molar-refractivity contribution >= 4 is 11.6 Å². The van der Waals surface area contributed by atoms with Crippen molar-refractivity contribution in [2.75, 3.05) is 5.32 Å². The quantitative estimate of drug-likeness (QED) is 0.425. The number of carbonyl (C=O) groups excluding carboxylic acids is 1. The Morgan fingerprint density at radius 1 is 1.29 bits per heavy atom. The Hall–Kier alpha value is -4.86. The molecule has 0 unspecified atom stereocenters. The van der Waals surface area contributed by atoms with Crippen LogP contribution in [0.5, 0.6) is 5.75 Å². The van der Waals surface area contributed by atoms with Crippen molar-refractivity contribution in [3.05, 3.63) is 87.7 Å². The lowest BCUT2D eigenvalue weighted by molar-refractivity contribution is -0.0349. The second-order valence-corrected chi connectivity index (χ2v) is 7.57. The van der Waals surface area contributed by atoms with Crippen LogP contribution in [0.2, 0.25) is 0 Å². The smallest absolute Gasteiger partial charge is 0.315 e. The number of hydrogen-bond donors (Lipinski definition) is 2. The van der Waals surface area contributed by atoms with Gasteiger partial charge in [0.05, 0.1) is 29.9 Å². The Morgan fingerprint density at radius 3 is 2.66 bits per heavy atom. The van der Waals surface area contributed by atoms with Gasteiger partial charge in [0.25, 0.3) is 11.5 Å². The predicted molar refractivity (Wildman–Crippen MR) is 116 cm³/mol. The summed E-state index contributed by atoms with van der Waals surface area (Å²) in [6.45, 7) is 0. The largest absolute Gasteiger partial charge is 0.501 e. The van der Waals surface area contributed by atoms with E-state index in [1.165, 1.54) is 48.4 Å². The van der Waals surface area contributed by atoms with Crippen LogP contribution in [0, 0.1) is 11.3 Å². The number of nitriles is 1. The van der Waals surface area contributed by atoms with Gasteiger partial charge in [-0.15, -0.1) is 0 Å². The number of nitrogens with zero attached hydrogens (tertiary/aromatic N) is 6. The summed E-state index contributed by atoms with van der Waals surface area (Å²) in [6.07, 6.45) is 4.75. The second kappa shape index (κ2) is 8.82. The first-order chi connectivity index (χ1) is 16.6. The highest BCUT2D eigenvalue weighted by molar-refractivity contribution is 6.04. The van der Waals surface area contributed by atoms with Crippen molar-refractivity contribution in [3.8, 4) is 11.8 Å². The van der Waals surface area contributed by atoms with E-state index >= 15 is 8.78 Å². The minimum Gasteiger partial charge on any atom is -0.501 e. The molecule has 0 bridgehead atoms. The summed E-state index contributed by atoms with van der Waals surface area (Å²) >= 11 is 0. The lowest BCUT2D eigenvalue weighted by Gasteiger charge is -2.28. The topological polar surface area (TPSA) is 152 Å². The summed E-state index contributed by atoms with van der Waals surface area (Å²) in [5, 5.41) is 29.4.